The monoisotopic (exact) mass is 332 g/mol. The fourth-order valence-corrected chi connectivity index (χ4v) is 0. The van der Waals surface area contributed by atoms with Crippen molar-refractivity contribution in [3.63, 3.8) is 0 Å². The molecule has 0 aromatic carbocycles. The van der Waals surface area contributed by atoms with E-state index in [9.17, 15) is 0 Å². The third kappa shape index (κ3) is 41.4. The summed E-state index contributed by atoms with van der Waals surface area (Å²) in [4.78, 5) is 0. The van der Waals surface area contributed by atoms with Crippen LogP contribution in [-0.2, 0) is 53.8 Å². The molecule has 0 N–H and O–H groups in total. The van der Waals surface area contributed by atoms with Crippen LogP contribution in [0, 0.1) is 21.8 Å². The van der Waals surface area contributed by atoms with Gasteiger partial charge in [-0.1, -0.05) is 0 Å². The van der Waals surface area contributed by atoms with E-state index in [2.05, 4.69) is 6.92 Å². The van der Waals surface area contributed by atoms with E-state index in [1.807, 2.05) is 0 Å². The van der Waals surface area contributed by atoms with Crippen molar-refractivity contribution in [3.05, 3.63) is 21.8 Å². The van der Waals surface area contributed by atoms with Crippen LogP contribution in [-0.4, -0.2) is 0 Å². The SMILES string of the molecule is [CH2-]C.[CH3-].[CH3-].[W].[Y]. The van der Waals surface area contributed by atoms with Crippen LogP contribution in [0.4, 0.5) is 0 Å². The average molecular weight is 332 g/mol. The molecule has 39 valence electrons. The largest absolute Gasteiger partial charge is 0.358 e. The Morgan fingerprint density at radius 1 is 1.00 bits per heavy atom. The molecule has 0 amide bonds. The summed E-state index contributed by atoms with van der Waals surface area (Å²) in [5.74, 6) is 0. The molecular formula is C4H11WY-3. The van der Waals surface area contributed by atoms with Crippen molar-refractivity contribution in [2.24, 2.45) is 0 Å². The summed E-state index contributed by atoms with van der Waals surface area (Å²) in [5, 5.41) is 0. The van der Waals surface area contributed by atoms with Crippen molar-refractivity contribution in [2.75, 3.05) is 0 Å². The van der Waals surface area contributed by atoms with Gasteiger partial charge in [0.05, 0.1) is 0 Å². The van der Waals surface area contributed by atoms with Gasteiger partial charge in [-0.05, 0) is 0 Å². The minimum absolute atomic E-state index is 0. The van der Waals surface area contributed by atoms with Gasteiger partial charge >= 0.3 is 0 Å². The van der Waals surface area contributed by atoms with E-state index < -0.39 is 0 Å². The predicted octanol–water partition coefficient (Wildman–Crippen LogP) is 1.74. The molecule has 0 heterocycles. The third-order valence-corrected chi connectivity index (χ3v) is 0. The maximum atomic E-state index is 3.25. The normalized spacial score (nSPS) is 1.00. The summed E-state index contributed by atoms with van der Waals surface area (Å²) in [7, 11) is 0. The Bertz CT molecular complexity index is 7.51. The summed E-state index contributed by atoms with van der Waals surface area (Å²) in [6.45, 7) is 5.00. The molecule has 6 heavy (non-hydrogen) atoms. The predicted molar refractivity (Wildman–Crippen MR) is 23.9 cm³/mol. The second-order valence-corrected chi connectivity index (χ2v) is 0. The molecule has 2 heteroatoms. The second-order valence-electron chi connectivity index (χ2n) is 0. The van der Waals surface area contributed by atoms with E-state index >= 15 is 0 Å². The van der Waals surface area contributed by atoms with Gasteiger partial charge in [0, 0.05) is 53.8 Å². The van der Waals surface area contributed by atoms with Crippen molar-refractivity contribution in [1.29, 1.82) is 0 Å². The van der Waals surface area contributed by atoms with Crippen molar-refractivity contribution < 1.29 is 53.8 Å². The van der Waals surface area contributed by atoms with Gasteiger partial charge < -0.3 is 21.8 Å². The molecule has 0 fully saturated rings. The van der Waals surface area contributed by atoms with Crippen LogP contribution in [0.1, 0.15) is 6.92 Å². The molecule has 0 aliphatic heterocycles. The van der Waals surface area contributed by atoms with Gasteiger partial charge in [-0.2, -0.15) is 6.92 Å². The molecule has 0 unspecified atom stereocenters. The van der Waals surface area contributed by atoms with Crippen LogP contribution in [0.5, 0.6) is 0 Å². The van der Waals surface area contributed by atoms with Crippen LogP contribution >= 0.6 is 0 Å². The molecule has 0 aliphatic rings. The zero-order valence-corrected chi connectivity index (χ0v) is 10.5. The standard InChI is InChI=1S/C2H5.2CH3.W.Y/c1-2;;;;/h1H2,2H3;2*1H3;;/q3*-1;;. The van der Waals surface area contributed by atoms with E-state index in [1.165, 1.54) is 0 Å². The van der Waals surface area contributed by atoms with E-state index in [4.69, 9.17) is 0 Å². The van der Waals surface area contributed by atoms with Crippen molar-refractivity contribution >= 4 is 0 Å². The molecular weight excluding hydrogens is 321 g/mol. The van der Waals surface area contributed by atoms with Crippen LogP contribution < -0.4 is 0 Å². The second kappa shape index (κ2) is 70.9. The third-order valence-electron chi connectivity index (χ3n) is 0. The molecule has 0 spiro atoms. The van der Waals surface area contributed by atoms with Gasteiger partial charge in [0.15, 0.2) is 0 Å². The zero-order valence-electron chi connectivity index (χ0n) is 4.69. The van der Waals surface area contributed by atoms with Gasteiger partial charge in [0.25, 0.3) is 0 Å². The summed E-state index contributed by atoms with van der Waals surface area (Å²) in [6, 6.07) is 0. The molecule has 0 aromatic rings. The molecule has 0 atom stereocenters. The Labute approximate surface area is 81.6 Å². The number of rotatable bonds is 0. The van der Waals surface area contributed by atoms with Gasteiger partial charge in [0.2, 0.25) is 0 Å². The first-order valence-corrected chi connectivity index (χ1v) is 0.707. The molecule has 0 rings (SSSR count). The van der Waals surface area contributed by atoms with Crippen molar-refractivity contribution in [1.82, 2.24) is 0 Å². The van der Waals surface area contributed by atoms with Crippen LogP contribution in [0.2, 0.25) is 0 Å². The number of hydrogen-bond acceptors (Lipinski definition) is 0. The van der Waals surface area contributed by atoms with Crippen LogP contribution in [0.25, 0.3) is 0 Å². The zero-order chi connectivity index (χ0) is 2.00. The fourth-order valence-electron chi connectivity index (χ4n) is 0. The Morgan fingerprint density at radius 2 is 1.00 bits per heavy atom. The molecule has 0 aromatic heterocycles. The van der Waals surface area contributed by atoms with Gasteiger partial charge in [0.1, 0.15) is 0 Å². The Kier molecular flexibility index (Phi) is 545. The topological polar surface area (TPSA) is 0 Å². The maximum Gasteiger partial charge on any atom is 0 e. The van der Waals surface area contributed by atoms with Crippen molar-refractivity contribution in [2.45, 2.75) is 6.92 Å². The Hall–Kier alpha value is 1.79. The first-order valence-electron chi connectivity index (χ1n) is 0.707. The molecule has 0 bridgehead atoms. The summed E-state index contributed by atoms with van der Waals surface area (Å²) in [5.41, 5.74) is 0. The van der Waals surface area contributed by atoms with E-state index in [1.54, 1.807) is 6.92 Å². The molecule has 0 saturated heterocycles. The van der Waals surface area contributed by atoms with Crippen LogP contribution in [0.15, 0.2) is 0 Å². The summed E-state index contributed by atoms with van der Waals surface area (Å²) in [6.07, 6.45) is 0. The van der Waals surface area contributed by atoms with E-state index in [0.717, 1.165) is 0 Å². The smallest absolute Gasteiger partial charge is 0 e. The minimum Gasteiger partial charge on any atom is -0.358 e. The quantitative estimate of drug-likeness (QED) is 0.593. The van der Waals surface area contributed by atoms with E-state index in [0.29, 0.717) is 0 Å². The fraction of sp³-hybridized carbons (Fsp3) is 0.250. The first-order chi connectivity index (χ1) is 1.00. The molecule has 0 nitrogen and oxygen atoms in total. The maximum absolute atomic E-state index is 3.25. The van der Waals surface area contributed by atoms with Crippen molar-refractivity contribution in [3.8, 4) is 0 Å². The summed E-state index contributed by atoms with van der Waals surface area (Å²) >= 11 is 0. The summed E-state index contributed by atoms with van der Waals surface area (Å²) < 4.78 is 0. The molecule has 1 radical (unpaired) electrons. The molecule has 0 aliphatic carbocycles. The van der Waals surface area contributed by atoms with E-state index in [-0.39, 0.29) is 68.6 Å². The van der Waals surface area contributed by atoms with Gasteiger partial charge in [-0.25, -0.2) is 0 Å². The Balaban J connectivity index is -0.000000000833. The average Bonchev–Trinajstić information content (AvgIpc) is 1.00. The Morgan fingerprint density at radius 3 is 1.00 bits per heavy atom. The van der Waals surface area contributed by atoms with Gasteiger partial charge in [-0.15, -0.1) is 0 Å². The first kappa shape index (κ1) is 46.1. The van der Waals surface area contributed by atoms with Gasteiger partial charge in [-0.3, -0.25) is 0 Å². The minimum atomic E-state index is 0. The van der Waals surface area contributed by atoms with Crippen LogP contribution in [0.3, 0.4) is 0 Å². The molecule has 0 saturated carbocycles. The number of hydrogen-bond donors (Lipinski definition) is 0.